The maximum Gasteiger partial charge on any atom is 0.407 e. The summed E-state index contributed by atoms with van der Waals surface area (Å²) in [5.41, 5.74) is 1.01. The van der Waals surface area contributed by atoms with Gasteiger partial charge in [-0.15, -0.1) is 0 Å². The van der Waals surface area contributed by atoms with Gasteiger partial charge >= 0.3 is 6.09 Å². The van der Waals surface area contributed by atoms with Gasteiger partial charge < -0.3 is 20.3 Å². The van der Waals surface area contributed by atoms with Crippen LogP contribution >= 0.6 is 0 Å². The van der Waals surface area contributed by atoms with E-state index in [4.69, 9.17) is 4.74 Å². The first-order valence-electron chi connectivity index (χ1n) is 9.06. The minimum absolute atomic E-state index is 0.0688. The number of nitrogens with one attached hydrogen (secondary N) is 3. The summed E-state index contributed by atoms with van der Waals surface area (Å²) in [6.45, 7) is 3.82. The van der Waals surface area contributed by atoms with Crippen LogP contribution < -0.4 is 15.5 Å². The quantitative estimate of drug-likeness (QED) is 0.703. The second kappa shape index (κ2) is 8.19. The van der Waals surface area contributed by atoms with E-state index >= 15 is 0 Å². The summed E-state index contributed by atoms with van der Waals surface area (Å²) in [5, 5.41) is 13.2. The van der Waals surface area contributed by atoms with Crippen LogP contribution in [-0.4, -0.2) is 57.5 Å². The number of aromatic nitrogens is 5. The van der Waals surface area contributed by atoms with E-state index in [1.807, 2.05) is 34.0 Å². The van der Waals surface area contributed by atoms with E-state index in [0.29, 0.717) is 17.7 Å². The first-order valence-corrected chi connectivity index (χ1v) is 9.06. The van der Waals surface area contributed by atoms with Gasteiger partial charge in [-0.05, 0) is 33.1 Å². The predicted octanol–water partition coefficient (Wildman–Crippen LogP) is 2.17. The summed E-state index contributed by atoms with van der Waals surface area (Å²) in [6.07, 6.45) is 3.60. The average Bonchev–Trinajstić information content (AvgIpc) is 3.23. The highest BCUT2D eigenvalue weighted by atomic mass is 16.6. The molecule has 0 radical (unpaired) electrons. The Morgan fingerprint density at radius 3 is 2.89 bits per heavy atom. The topological polar surface area (TPSA) is 121 Å². The molecular weight excluding hydrogens is 348 g/mol. The number of alkyl carbamates (subject to hydrolysis) is 1. The monoisotopic (exact) mass is 374 g/mol. The fourth-order valence-corrected chi connectivity index (χ4v) is 3.04. The molecule has 0 unspecified atom stereocenters. The lowest BCUT2D eigenvalue weighted by molar-refractivity contribution is 0.0981. The standard InChI is InChI=1S/C17H26N8O2/c1-10(2)20-17(26)27-12-6-5-11(7-12)13-8-14(24-23-13)21-15-18-9-19-16(22-15)25(3)4/h8-12H,5-7H2,1-4H3,(H,20,26)(H2,18,19,21,22,23,24)/t11-,12+/m0/s1. The highest BCUT2D eigenvalue weighted by Crippen LogP contribution is 2.36. The van der Waals surface area contributed by atoms with Crippen LogP contribution in [0.4, 0.5) is 22.5 Å². The largest absolute Gasteiger partial charge is 0.446 e. The molecule has 10 heteroatoms. The Labute approximate surface area is 158 Å². The van der Waals surface area contributed by atoms with Crippen LogP contribution in [0.1, 0.15) is 44.7 Å². The lowest BCUT2D eigenvalue weighted by Crippen LogP contribution is -2.33. The van der Waals surface area contributed by atoms with Gasteiger partial charge in [-0.2, -0.15) is 10.1 Å². The maximum atomic E-state index is 11.7. The number of hydrogen-bond acceptors (Lipinski definition) is 8. The molecule has 1 saturated carbocycles. The van der Waals surface area contributed by atoms with Crippen molar-refractivity contribution in [3.05, 3.63) is 18.1 Å². The number of ether oxygens (including phenoxy) is 1. The molecule has 1 aliphatic carbocycles. The molecule has 0 bridgehead atoms. The van der Waals surface area contributed by atoms with Crippen molar-refractivity contribution in [3.63, 3.8) is 0 Å². The fourth-order valence-electron chi connectivity index (χ4n) is 3.04. The van der Waals surface area contributed by atoms with E-state index in [-0.39, 0.29) is 24.2 Å². The van der Waals surface area contributed by atoms with Crippen molar-refractivity contribution in [2.75, 3.05) is 24.3 Å². The van der Waals surface area contributed by atoms with Crippen molar-refractivity contribution < 1.29 is 9.53 Å². The van der Waals surface area contributed by atoms with Crippen molar-refractivity contribution in [2.45, 2.75) is 51.2 Å². The molecule has 2 aromatic heterocycles. The van der Waals surface area contributed by atoms with E-state index in [1.165, 1.54) is 6.33 Å². The summed E-state index contributed by atoms with van der Waals surface area (Å²) in [5.74, 6) is 1.92. The molecule has 3 rings (SSSR count). The normalized spacial score (nSPS) is 19.1. The Morgan fingerprint density at radius 1 is 1.33 bits per heavy atom. The number of H-pyrrole nitrogens is 1. The number of hydrogen-bond donors (Lipinski definition) is 3. The number of carbonyl (C=O) groups is 1. The molecule has 0 spiro atoms. The zero-order valence-corrected chi connectivity index (χ0v) is 16.1. The summed E-state index contributed by atoms with van der Waals surface area (Å²) in [4.78, 5) is 26.1. The minimum Gasteiger partial charge on any atom is -0.446 e. The molecular formula is C17H26N8O2. The summed E-state index contributed by atoms with van der Waals surface area (Å²) in [6, 6.07) is 2.01. The second-order valence-electron chi connectivity index (χ2n) is 7.17. The van der Waals surface area contributed by atoms with E-state index in [0.717, 1.165) is 25.0 Å². The lowest BCUT2D eigenvalue weighted by Gasteiger charge is -2.14. The zero-order chi connectivity index (χ0) is 19.4. The second-order valence-corrected chi connectivity index (χ2v) is 7.17. The molecule has 2 aromatic rings. The lowest BCUT2D eigenvalue weighted by atomic mass is 10.0. The van der Waals surface area contributed by atoms with E-state index < -0.39 is 0 Å². The molecule has 10 nitrogen and oxygen atoms in total. The smallest absolute Gasteiger partial charge is 0.407 e. The van der Waals surface area contributed by atoms with Gasteiger partial charge in [-0.25, -0.2) is 14.8 Å². The van der Waals surface area contributed by atoms with Crippen molar-refractivity contribution in [1.82, 2.24) is 30.5 Å². The number of amides is 1. The van der Waals surface area contributed by atoms with E-state index in [9.17, 15) is 4.79 Å². The van der Waals surface area contributed by atoms with Crippen molar-refractivity contribution in [1.29, 1.82) is 0 Å². The van der Waals surface area contributed by atoms with Gasteiger partial charge in [0.1, 0.15) is 12.4 Å². The Bertz CT molecular complexity index is 776. The van der Waals surface area contributed by atoms with Crippen LogP contribution in [0.15, 0.2) is 12.4 Å². The third-order valence-electron chi connectivity index (χ3n) is 4.30. The molecule has 27 heavy (non-hydrogen) atoms. The minimum atomic E-state index is -0.353. The van der Waals surface area contributed by atoms with Crippen LogP contribution in [-0.2, 0) is 4.74 Å². The third-order valence-corrected chi connectivity index (χ3v) is 4.30. The third kappa shape index (κ3) is 5.05. The van der Waals surface area contributed by atoms with Crippen molar-refractivity contribution >= 4 is 23.8 Å². The molecule has 2 heterocycles. The number of anilines is 3. The highest BCUT2D eigenvalue weighted by molar-refractivity contribution is 5.67. The van der Waals surface area contributed by atoms with Crippen molar-refractivity contribution in [2.24, 2.45) is 0 Å². The SMILES string of the molecule is CC(C)NC(=O)O[C@@H]1CC[C@H](c2cc(Nc3ncnc(N(C)C)n3)n[nH]2)C1. The Morgan fingerprint density at radius 2 is 2.15 bits per heavy atom. The summed E-state index contributed by atoms with van der Waals surface area (Å²) < 4.78 is 5.48. The Balaban J connectivity index is 1.57. The number of nitrogens with zero attached hydrogens (tertiary/aromatic N) is 5. The molecule has 0 saturated heterocycles. The van der Waals surface area contributed by atoms with Gasteiger partial charge in [-0.3, -0.25) is 5.10 Å². The van der Waals surface area contributed by atoms with Gasteiger partial charge in [0.2, 0.25) is 11.9 Å². The number of aromatic amines is 1. The molecule has 0 aromatic carbocycles. The molecule has 0 aliphatic heterocycles. The first-order chi connectivity index (χ1) is 12.9. The van der Waals surface area contributed by atoms with Gasteiger partial charge in [0.15, 0.2) is 5.82 Å². The number of rotatable bonds is 6. The van der Waals surface area contributed by atoms with Crippen LogP contribution in [0.5, 0.6) is 0 Å². The van der Waals surface area contributed by atoms with E-state index in [2.05, 4.69) is 35.8 Å². The average molecular weight is 374 g/mol. The fraction of sp³-hybridized carbons (Fsp3) is 0.588. The molecule has 1 fully saturated rings. The van der Waals surface area contributed by atoms with Crippen molar-refractivity contribution in [3.8, 4) is 0 Å². The zero-order valence-electron chi connectivity index (χ0n) is 16.1. The Kier molecular flexibility index (Phi) is 5.72. The molecule has 3 N–H and O–H groups in total. The Hall–Kier alpha value is -2.91. The highest BCUT2D eigenvalue weighted by Gasteiger charge is 2.30. The molecule has 2 atom stereocenters. The van der Waals surface area contributed by atoms with E-state index in [1.54, 1.807) is 4.90 Å². The predicted molar refractivity (Wildman–Crippen MR) is 101 cm³/mol. The van der Waals surface area contributed by atoms with Gasteiger partial charge in [-0.1, -0.05) is 0 Å². The summed E-state index contributed by atoms with van der Waals surface area (Å²) >= 11 is 0. The van der Waals surface area contributed by atoms with Gasteiger partial charge in [0.05, 0.1) is 0 Å². The molecule has 1 amide bonds. The van der Waals surface area contributed by atoms with Crippen LogP contribution in [0.25, 0.3) is 0 Å². The molecule has 1 aliphatic rings. The van der Waals surface area contributed by atoms with Crippen LogP contribution in [0.3, 0.4) is 0 Å². The van der Waals surface area contributed by atoms with Gasteiger partial charge in [0, 0.05) is 37.8 Å². The number of carbonyl (C=O) groups excluding carboxylic acids is 1. The summed E-state index contributed by atoms with van der Waals surface area (Å²) in [7, 11) is 3.73. The maximum absolute atomic E-state index is 11.7. The van der Waals surface area contributed by atoms with Crippen LogP contribution in [0, 0.1) is 0 Å². The van der Waals surface area contributed by atoms with Crippen LogP contribution in [0.2, 0.25) is 0 Å². The van der Waals surface area contributed by atoms with Gasteiger partial charge in [0.25, 0.3) is 0 Å². The first kappa shape index (κ1) is 18.9. The molecule has 146 valence electrons.